The van der Waals surface area contributed by atoms with E-state index in [2.05, 4.69) is 65.3 Å². The van der Waals surface area contributed by atoms with E-state index in [0.717, 1.165) is 4.47 Å². The van der Waals surface area contributed by atoms with Gasteiger partial charge >= 0.3 is 0 Å². The first-order valence-electron chi connectivity index (χ1n) is 7.26. The van der Waals surface area contributed by atoms with Crippen molar-refractivity contribution in [2.45, 2.75) is 38.1 Å². The van der Waals surface area contributed by atoms with Crippen LogP contribution in [0.3, 0.4) is 0 Å². The number of aryl methyl sites for hydroxylation is 1. The summed E-state index contributed by atoms with van der Waals surface area (Å²) in [5.41, 5.74) is 11.7. The molecular formula is C18H20BrN. The van der Waals surface area contributed by atoms with Crippen molar-refractivity contribution in [1.82, 2.24) is 0 Å². The smallest absolute Gasteiger partial charge is 0.0554 e. The van der Waals surface area contributed by atoms with Crippen molar-refractivity contribution in [2.24, 2.45) is 5.73 Å². The Balaban J connectivity index is 1.99. The molecule has 2 aromatic rings. The SMILES string of the molecule is Cc1cc(Br)cc(C(N)c2ccccc2C2CCC2)c1. The predicted molar refractivity (Wildman–Crippen MR) is 87.9 cm³/mol. The first kappa shape index (κ1) is 13.8. The highest BCUT2D eigenvalue weighted by Crippen LogP contribution is 2.40. The Morgan fingerprint density at radius 3 is 2.55 bits per heavy atom. The lowest BCUT2D eigenvalue weighted by Gasteiger charge is -2.29. The fourth-order valence-electron chi connectivity index (χ4n) is 3.01. The minimum absolute atomic E-state index is 0.0389. The molecule has 1 saturated carbocycles. The summed E-state index contributed by atoms with van der Waals surface area (Å²) in [5, 5.41) is 0. The Morgan fingerprint density at radius 1 is 1.15 bits per heavy atom. The van der Waals surface area contributed by atoms with Gasteiger partial charge in [0.15, 0.2) is 0 Å². The van der Waals surface area contributed by atoms with E-state index in [1.54, 1.807) is 0 Å². The van der Waals surface area contributed by atoms with Crippen molar-refractivity contribution in [2.75, 3.05) is 0 Å². The standard InChI is InChI=1S/C18H20BrN/c1-12-9-14(11-15(19)10-12)18(20)17-8-3-2-7-16(17)13-5-4-6-13/h2-3,7-11,13,18H,4-6,20H2,1H3. The van der Waals surface area contributed by atoms with Gasteiger partial charge in [0.1, 0.15) is 0 Å². The fourth-order valence-corrected chi connectivity index (χ4v) is 3.63. The molecule has 1 aliphatic rings. The van der Waals surface area contributed by atoms with Gasteiger partial charge in [-0.25, -0.2) is 0 Å². The zero-order valence-electron chi connectivity index (χ0n) is 11.8. The van der Waals surface area contributed by atoms with Crippen molar-refractivity contribution < 1.29 is 0 Å². The molecule has 1 aliphatic carbocycles. The monoisotopic (exact) mass is 329 g/mol. The van der Waals surface area contributed by atoms with Gasteiger partial charge in [-0.15, -0.1) is 0 Å². The molecule has 3 rings (SSSR count). The molecule has 0 spiro atoms. The van der Waals surface area contributed by atoms with Crippen LogP contribution in [0, 0.1) is 6.92 Å². The summed E-state index contributed by atoms with van der Waals surface area (Å²) in [4.78, 5) is 0. The Bertz CT molecular complexity index is 596. The molecule has 104 valence electrons. The molecule has 1 atom stereocenters. The number of nitrogens with two attached hydrogens (primary N) is 1. The maximum absolute atomic E-state index is 6.55. The summed E-state index contributed by atoms with van der Waals surface area (Å²) in [6.45, 7) is 2.11. The maximum atomic E-state index is 6.55. The van der Waals surface area contributed by atoms with Crippen molar-refractivity contribution in [3.05, 3.63) is 69.2 Å². The highest BCUT2D eigenvalue weighted by Gasteiger charge is 2.24. The Morgan fingerprint density at radius 2 is 1.90 bits per heavy atom. The van der Waals surface area contributed by atoms with Gasteiger partial charge in [-0.3, -0.25) is 0 Å². The third-order valence-corrected chi connectivity index (χ3v) is 4.76. The molecule has 2 aromatic carbocycles. The summed E-state index contributed by atoms with van der Waals surface area (Å²) < 4.78 is 1.10. The zero-order valence-corrected chi connectivity index (χ0v) is 13.4. The molecule has 0 aromatic heterocycles. The van der Waals surface area contributed by atoms with Crippen molar-refractivity contribution in [1.29, 1.82) is 0 Å². The van der Waals surface area contributed by atoms with E-state index in [1.165, 1.54) is 41.5 Å². The number of rotatable bonds is 3. The lowest BCUT2D eigenvalue weighted by molar-refractivity contribution is 0.416. The van der Waals surface area contributed by atoms with Gasteiger partial charge in [-0.2, -0.15) is 0 Å². The van der Waals surface area contributed by atoms with Crippen molar-refractivity contribution >= 4 is 15.9 Å². The largest absolute Gasteiger partial charge is 0.320 e. The van der Waals surface area contributed by atoms with Gasteiger partial charge in [0.25, 0.3) is 0 Å². The molecule has 2 N–H and O–H groups in total. The molecule has 0 bridgehead atoms. The second kappa shape index (κ2) is 5.71. The Kier molecular flexibility index (Phi) is 3.95. The quantitative estimate of drug-likeness (QED) is 0.835. The Hall–Kier alpha value is -1.12. The summed E-state index contributed by atoms with van der Waals surface area (Å²) in [6, 6.07) is 15.1. The van der Waals surface area contributed by atoms with Crippen LogP contribution in [-0.2, 0) is 0 Å². The average molecular weight is 330 g/mol. The minimum Gasteiger partial charge on any atom is -0.320 e. The number of hydrogen-bond donors (Lipinski definition) is 1. The molecule has 0 aliphatic heterocycles. The maximum Gasteiger partial charge on any atom is 0.0554 e. The van der Waals surface area contributed by atoms with E-state index in [-0.39, 0.29) is 6.04 Å². The van der Waals surface area contributed by atoms with Gasteiger partial charge in [0.2, 0.25) is 0 Å². The predicted octanol–water partition coefficient (Wildman–Crippen LogP) is 5.07. The molecule has 1 fully saturated rings. The van der Waals surface area contributed by atoms with E-state index < -0.39 is 0 Å². The van der Waals surface area contributed by atoms with Crippen molar-refractivity contribution in [3.8, 4) is 0 Å². The van der Waals surface area contributed by atoms with Crippen LogP contribution in [0.1, 0.15) is 53.5 Å². The zero-order chi connectivity index (χ0) is 14.1. The summed E-state index contributed by atoms with van der Waals surface area (Å²) >= 11 is 3.57. The molecule has 2 heteroatoms. The number of benzene rings is 2. The van der Waals surface area contributed by atoms with Gasteiger partial charge < -0.3 is 5.73 Å². The lowest BCUT2D eigenvalue weighted by atomic mass is 9.76. The molecule has 1 unspecified atom stereocenters. The van der Waals surface area contributed by atoms with E-state index in [4.69, 9.17) is 5.73 Å². The van der Waals surface area contributed by atoms with Crippen LogP contribution in [-0.4, -0.2) is 0 Å². The molecule has 20 heavy (non-hydrogen) atoms. The fraction of sp³-hybridized carbons (Fsp3) is 0.333. The normalized spacial score (nSPS) is 16.8. The van der Waals surface area contributed by atoms with Crippen LogP contribution in [0.5, 0.6) is 0 Å². The second-order valence-corrected chi connectivity index (χ2v) is 6.71. The minimum atomic E-state index is -0.0389. The van der Waals surface area contributed by atoms with E-state index in [0.29, 0.717) is 5.92 Å². The average Bonchev–Trinajstić information content (AvgIpc) is 2.35. The first-order valence-corrected chi connectivity index (χ1v) is 8.06. The molecular weight excluding hydrogens is 310 g/mol. The molecule has 0 radical (unpaired) electrons. The van der Waals surface area contributed by atoms with Gasteiger partial charge in [0, 0.05) is 4.47 Å². The van der Waals surface area contributed by atoms with Crippen LogP contribution < -0.4 is 5.73 Å². The van der Waals surface area contributed by atoms with Gasteiger partial charge in [-0.1, -0.05) is 52.7 Å². The highest BCUT2D eigenvalue weighted by atomic mass is 79.9. The second-order valence-electron chi connectivity index (χ2n) is 5.80. The van der Waals surface area contributed by atoms with E-state index >= 15 is 0 Å². The van der Waals surface area contributed by atoms with Crippen LogP contribution in [0.2, 0.25) is 0 Å². The number of hydrogen-bond acceptors (Lipinski definition) is 1. The third-order valence-electron chi connectivity index (χ3n) is 4.30. The van der Waals surface area contributed by atoms with E-state index in [9.17, 15) is 0 Å². The topological polar surface area (TPSA) is 26.0 Å². The third kappa shape index (κ3) is 2.68. The molecule has 0 saturated heterocycles. The van der Waals surface area contributed by atoms with Crippen LogP contribution in [0.25, 0.3) is 0 Å². The Labute approximate surface area is 129 Å². The van der Waals surface area contributed by atoms with Gasteiger partial charge in [-0.05, 0) is 60.1 Å². The van der Waals surface area contributed by atoms with Crippen molar-refractivity contribution in [3.63, 3.8) is 0 Å². The molecule has 1 nitrogen and oxygen atoms in total. The molecule has 0 heterocycles. The lowest BCUT2D eigenvalue weighted by Crippen LogP contribution is -2.18. The highest BCUT2D eigenvalue weighted by molar-refractivity contribution is 9.10. The summed E-state index contributed by atoms with van der Waals surface area (Å²) in [5.74, 6) is 0.713. The first-order chi connectivity index (χ1) is 9.65. The van der Waals surface area contributed by atoms with Crippen LogP contribution in [0.4, 0.5) is 0 Å². The van der Waals surface area contributed by atoms with E-state index in [1.807, 2.05) is 0 Å². The van der Waals surface area contributed by atoms with Crippen LogP contribution in [0.15, 0.2) is 46.9 Å². The summed E-state index contributed by atoms with van der Waals surface area (Å²) in [7, 11) is 0. The van der Waals surface area contributed by atoms with Gasteiger partial charge in [0.05, 0.1) is 6.04 Å². The van der Waals surface area contributed by atoms with Crippen LogP contribution >= 0.6 is 15.9 Å². The summed E-state index contributed by atoms with van der Waals surface area (Å²) in [6.07, 6.45) is 3.97. The number of halogens is 1. The molecule has 0 amide bonds.